The highest BCUT2D eigenvalue weighted by molar-refractivity contribution is 5.72. The van der Waals surface area contributed by atoms with Crippen LogP contribution in [0, 0.1) is 6.92 Å². The second-order valence-electron chi connectivity index (χ2n) is 3.32. The third-order valence-corrected chi connectivity index (χ3v) is 2.03. The number of aromatic nitrogens is 1. The van der Waals surface area contributed by atoms with E-state index in [9.17, 15) is 4.79 Å². The summed E-state index contributed by atoms with van der Waals surface area (Å²) >= 11 is 0. The zero-order chi connectivity index (χ0) is 12.0. The van der Waals surface area contributed by atoms with E-state index < -0.39 is 0 Å². The maximum Gasteiger partial charge on any atom is 0.309 e. The molecule has 1 heterocycles. The fourth-order valence-corrected chi connectivity index (χ4v) is 1.18. The summed E-state index contributed by atoms with van der Waals surface area (Å²) in [6.45, 7) is 4.04. The maximum atomic E-state index is 11.0. The van der Waals surface area contributed by atoms with E-state index in [4.69, 9.17) is 10.5 Å². The number of esters is 1. The number of hydrogen-bond acceptors (Lipinski definition) is 4. The number of pyridine rings is 1. The number of nitrogens with zero attached hydrogens (tertiary/aromatic N) is 1. The van der Waals surface area contributed by atoms with Gasteiger partial charge in [0.15, 0.2) is 0 Å². The highest BCUT2D eigenvalue weighted by Gasteiger charge is 1.98. The van der Waals surface area contributed by atoms with Crippen molar-refractivity contribution < 1.29 is 9.53 Å². The number of ether oxygens (including phenoxy) is 1. The molecule has 0 aliphatic rings. The lowest BCUT2D eigenvalue weighted by Gasteiger charge is -2.00. The SMILES string of the molecule is CCOC(=O)CC=Cc1ccc(N)c(C)n1. The van der Waals surface area contributed by atoms with Crippen LogP contribution in [0.3, 0.4) is 0 Å². The van der Waals surface area contributed by atoms with Crippen molar-refractivity contribution in [1.82, 2.24) is 4.98 Å². The van der Waals surface area contributed by atoms with E-state index in [1.807, 2.05) is 13.0 Å². The molecule has 0 aromatic carbocycles. The molecule has 1 aromatic heterocycles. The number of nitrogen functional groups attached to an aromatic ring is 1. The summed E-state index contributed by atoms with van der Waals surface area (Å²) in [6, 6.07) is 3.61. The molecule has 4 nitrogen and oxygen atoms in total. The molecule has 0 saturated heterocycles. The van der Waals surface area contributed by atoms with Crippen LogP contribution in [0.15, 0.2) is 18.2 Å². The van der Waals surface area contributed by atoms with Gasteiger partial charge in [-0.05, 0) is 32.1 Å². The van der Waals surface area contributed by atoms with E-state index in [0.717, 1.165) is 11.4 Å². The van der Waals surface area contributed by atoms with Crippen LogP contribution in [0.25, 0.3) is 6.08 Å². The summed E-state index contributed by atoms with van der Waals surface area (Å²) in [5.74, 6) is -0.231. The third kappa shape index (κ3) is 3.73. The number of hydrogen-bond donors (Lipinski definition) is 1. The van der Waals surface area contributed by atoms with Crippen molar-refractivity contribution in [2.75, 3.05) is 12.3 Å². The molecule has 0 bridgehead atoms. The van der Waals surface area contributed by atoms with Crippen LogP contribution in [0.1, 0.15) is 24.7 Å². The fraction of sp³-hybridized carbons (Fsp3) is 0.333. The number of anilines is 1. The summed E-state index contributed by atoms with van der Waals surface area (Å²) in [7, 11) is 0. The molecule has 1 aromatic rings. The zero-order valence-corrected chi connectivity index (χ0v) is 9.56. The van der Waals surface area contributed by atoms with Crippen LogP contribution < -0.4 is 5.73 Å². The first kappa shape index (κ1) is 12.2. The number of carbonyl (C=O) groups excluding carboxylic acids is 1. The molecular formula is C12H16N2O2. The lowest BCUT2D eigenvalue weighted by molar-refractivity contribution is -0.142. The summed E-state index contributed by atoms with van der Waals surface area (Å²) in [5.41, 5.74) is 7.89. The molecule has 0 fully saturated rings. The number of carbonyl (C=O) groups is 1. The Morgan fingerprint density at radius 3 is 2.94 bits per heavy atom. The Morgan fingerprint density at radius 2 is 2.31 bits per heavy atom. The molecule has 0 atom stereocenters. The van der Waals surface area contributed by atoms with Gasteiger partial charge in [-0.25, -0.2) is 0 Å². The minimum absolute atomic E-state index is 0.231. The van der Waals surface area contributed by atoms with Gasteiger partial charge >= 0.3 is 5.97 Å². The molecule has 0 radical (unpaired) electrons. The predicted octanol–water partition coefficient (Wildman–Crippen LogP) is 1.94. The molecule has 2 N–H and O–H groups in total. The fourth-order valence-electron chi connectivity index (χ4n) is 1.18. The van der Waals surface area contributed by atoms with E-state index in [2.05, 4.69) is 4.98 Å². The molecular weight excluding hydrogens is 204 g/mol. The van der Waals surface area contributed by atoms with Gasteiger partial charge in [0.2, 0.25) is 0 Å². The van der Waals surface area contributed by atoms with Crippen LogP contribution in [0.5, 0.6) is 0 Å². The van der Waals surface area contributed by atoms with Gasteiger partial charge in [0.1, 0.15) is 0 Å². The Morgan fingerprint density at radius 1 is 1.56 bits per heavy atom. The first-order valence-corrected chi connectivity index (χ1v) is 5.18. The van der Waals surface area contributed by atoms with E-state index >= 15 is 0 Å². The number of rotatable bonds is 4. The average Bonchev–Trinajstić information content (AvgIpc) is 2.24. The van der Waals surface area contributed by atoms with E-state index in [-0.39, 0.29) is 12.4 Å². The van der Waals surface area contributed by atoms with Crippen LogP contribution in [0.4, 0.5) is 5.69 Å². The number of nitrogens with two attached hydrogens (primary N) is 1. The van der Waals surface area contributed by atoms with Crippen molar-refractivity contribution >= 4 is 17.7 Å². The van der Waals surface area contributed by atoms with Crippen molar-refractivity contribution in [3.63, 3.8) is 0 Å². The van der Waals surface area contributed by atoms with Crippen molar-refractivity contribution in [1.29, 1.82) is 0 Å². The lowest BCUT2D eigenvalue weighted by Crippen LogP contribution is -2.01. The average molecular weight is 220 g/mol. The Balaban J connectivity index is 2.56. The molecule has 0 amide bonds. The largest absolute Gasteiger partial charge is 0.466 e. The minimum atomic E-state index is -0.231. The topological polar surface area (TPSA) is 65.2 Å². The molecule has 86 valence electrons. The highest BCUT2D eigenvalue weighted by atomic mass is 16.5. The van der Waals surface area contributed by atoms with Gasteiger partial charge in [-0.2, -0.15) is 0 Å². The Bertz CT molecular complexity index is 400. The normalized spacial score (nSPS) is 10.6. The predicted molar refractivity (Wildman–Crippen MR) is 63.7 cm³/mol. The summed E-state index contributed by atoms with van der Waals surface area (Å²) in [5, 5.41) is 0. The Kier molecular flexibility index (Phi) is 4.51. The van der Waals surface area contributed by atoms with Crippen LogP contribution in [-0.2, 0) is 9.53 Å². The molecule has 0 spiro atoms. The van der Waals surface area contributed by atoms with Crippen molar-refractivity contribution in [3.8, 4) is 0 Å². The van der Waals surface area contributed by atoms with Gasteiger partial charge in [-0.1, -0.05) is 6.08 Å². The minimum Gasteiger partial charge on any atom is -0.466 e. The standard InChI is InChI=1S/C12H16N2O2/c1-3-16-12(15)6-4-5-10-7-8-11(13)9(2)14-10/h4-5,7-8H,3,6,13H2,1-2H3. The molecule has 16 heavy (non-hydrogen) atoms. The van der Waals surface area contributed by atoms with Gasteiger partial charge in [-0.3, -0.25) is 9.78 Å². The van der Waals surface area contributed by atoms with Gasteiger partial charge in [0, 0.05) is 0 Å². The zero-order valence-electron chi connectivity index (χ0n) is 9.56. The van der Waals surface area contributed by atoms with E-state index in [1.54, 1.807) is 25.1 Å². The van der Waals surface area contributed by atoms with Crippen molar-refractivity contribution in [2.45, 2.75) is 20.3 Å². The van der Waals surface area contributed by atoms with Crippen molar-refractivity contribution in [3.05, 3.63) is 29.6 Å². The van der Waals surface area contributed by atoms with Gasteiger partial charge in [0.25, 0.3) is 0 Å². The smallest absolute Gasteiger partial charge is 0.309 e. The second-order valence-corrected chi connectivity index (χ2v) is 3.32. The number of aryl methyl sites for hydroxylation is 1. The molecule has 1 rings (SSSR count). The maximum absolute atomic E-state index is 11.0. The van der Waals surface area contributed by atoms with Crippen LogP contribution in [-0.4, -0.2) is 17.6 Å². The third-order valence-electron chi connectivity index (χ3n) is 2.03. The first-order valence-electron chi connectivity index (χ1n) is 5.18. The van der Waals surface area contributed by atoms with Crippen LogP contribution in [0.2, 0.25) is 0 Å². The van der Waals surface area contributed by atoms with Gasteiger partial charge < -0.3 is 10.5 Å². The molecule has 0 aliphatic carbocycles. The molecule has 0 aliphatic heterocycles. The molecule has 0 saturated carbocycles. The second kappa shape index (κ2) is 5.90. The van der Waals surface area contributed by atoms with E-state index in [1.165, 1.54) is 0 Å². The summed E-state index contributed by atoms with van der Waals surface area (Å²) in [6.07, 6.45) is 3.78. The Labute approximate surface area is 95.1 Å². The summed E-state index contributed by atoms with van der Waals surface area (Å²) in [4.78, 5) is 15.3. The first-order chi connectivity index (χ1) is 7.63. The van der Waals surface area contributed by atoms with Crippen molar-refractivity contribution in [2.24, 2.45) is 0 Å². The van der Waals surface area contributed by atoms with E-state index in [0.29, 0.717) is 12.3 Å². The monoisotopic (exact) mass is 220 g/mol. The van der Waals surface area contributed by atoms with Gasteiger partial charge in [0.05, 0.1) is 30.1 Å². The van der Waals surface area contributed by atoms with Gasteiger partial charge in [-0.15, -0.1) is 0 Å². The van der Waals surface area contributed by atoms with Crippen LogP contribution >= 0.6 is 0 Å². The molecule has 4 heteroatoms. The lowest BCUT2D eigenvalue weighted by atomic mass is 10.2. The molecule has 0 unspecified atom stereocenters. The summed E-state index contributed by atoms with van der Waals surface area (Å²) < 4.78 is 4.79. The Hall–Kier alpha value is -1.84. The quantitative estimate of drug-likeness (QED) is 0.787. The highest BCUT2D eigenvalue weighted by Crippen LogP contribution is 2.09.